The largest absolute Gasteiger partial charge is 0.493 e. The Bertz CT molecular complexity index is 1100. The number of carbonyl (C=O) groups is 2. The molecule has 8 heteroatoms. The predicted octanol–water partition coefficient (Wildman–Crippen LogP) is 7.00. The molecule has 5 nitrogen and oxygen atoms in total. The fraction of sp³-hybridized carbons (Fsp3) is 0.250. The van der Waals surface area contributed by atoms with Crippen LogP contribution in [-0.4, -0.2) is 25.1 Å². The van der Waals surface area contributed by atoms with Gasteiger partial charge in [0.2, 0.25) is 5.91 Å². The lowest BCUT2D eigenvalue weighted by Crippen LogP contribution is -2.15. The summed E-state index contributed by atoms with van der Waals surface area (Å²) in [6.45, 7) is 4.29. The van der Waals surface area contributed by atoms with Gasteiger partial charge in [-0.05, 0) is 61.7 Å². The minimum atomic E-state index is -0.476. The summed E-state index contributed by atoms with van der Waals surface area (Å²) >= 11 is 13.2. The number of carbonyl (C=O) groups excluding carboxylic acids is 2. The van der Waals surface area contributed by atoms with Crippen LogP contribution in [0.25, 0.3) is 11.1 Å². The van der Waals surface area contributed by atoms with Crippen LogP contribution in [0.1, 0.15) is 35.7 Å². The van der Waals surface area contributed by atoms with Gasteiger partial charge in [-0.3, -0.25) is 4.79 Å². The van der Waals surface area contributed by atoms with E-state index in [0.29, 0.717) is 39.2 Å². The molecule has 32 heavy (non-hydrogen) atoms. The highest BCUT2D eigenvalue weighted by molar-refractivity contribution is 7.15. The van der Waals surface area contributed by atoms with Crippen LogP contribution in [0.5, 0.6) is 5.75 Å². The number of anilines is 1. The molecule has 3 rings (SSSR count). The molecular weight excluding hydrogens is 469 g/mol. The number of nitrogens with one attached hydrogen (secondary N) is 1. The van der Waals surface area contributed by atoms with Crippen LogP contribution in [-0.2, 0) is 9.53 Å². The summed E-state index contributed by atoms with van der Waals surface area (Å²) in [7, 11) is 0. The molecule has 0 bridgehead atoms. The molecule has 1 N–H and O–H groups in total. The van der Waals surface area contributed by atoms with E-state index < -0.39 is 5.97 Å². The van der Waals surface area contributed by atoms with Crippen molar-refractivity contribution in [3.63, 3.8) is 0 Å². The first-order valence-electron chi connectivity index (χ1n) is 10.1. The highest BCUT2D eigenvalue weighted by atomic mass is 35.5. The van der Waals surface area contributed by atoms with Gasteiger partial charge in [0.05, 0.1) is 13.2 Å². The molecule has 0 unspecified atom stereocenters. The number of aryl methyl sites for hydroxylation is 1. The number of hydrogen-bond acceptors (Lipinski definition) is 5. The maximum Gasteiger partial charge on any atom is 0.341 e. The van der Waals surface area contributed by atoms with Crippen molar-refractivity contribution >= 4 is 51.4 Å². The molecule has 1 amide bonds. The zero-order valence-electron chi connectivity index (χ0n) is 17.7. The summed E-state index contributed by atoms with van der Waals surface area (Å²) in [4.78, 5) is 25.1. The number of thiophene rings is 1. The predicted molar refractivity (Wildman–Crippen MR) is 130 cm³/mol. The SMILES string of the molecule is CCOC(=O)c1c(-c2ccc(Cl)cc2)csc1NC(=O)CCCOc1ccc(Cl)cc1C. The first-order valence-corrected chi connectivity index (χ1v) is 11.8. The molecule has 0 saturated carbocycles. The molecule has 1 aromatic heterocycles. The zero-order chi connectivity index (χ0) is 23.1. The average Bonchev–Trinajstić information content (AvgIpc) is 3.16. The zero-order valence-corrected chi connectivity index (χ0v) is 20.1. The van der Waals surface area contributed by atoms with Gasteiger partial charge in [-0.2, -0.15) is 0 Å². The fourth-order valence-corrected chi connectivity index (χ4v) is 4.40. The van der Waals surface area contributed by atoms with Crippen LogP contribution in [0.2, 0.25) is 10.0 Å². The standard InChI is InChI=1S/C24H23Cl2NO4S/c1-3-30-24(29)22-19(16-6-8-17(25)9-7-16)14-32-23(22)27-21(28)5-4-12-31-20-11-10-18(26)13-15(20)2/h6-11,13-14H,3-5,12H2,1-2H3,(H,27,28). The van der Waals surface area contributed by atoms with Gasteiger partial charge in [0.1, 0.15) is 16.3 Å². The molecule has 3 aromatic rings. The number of amides is 1. The van der Waals surface area contributed by atoms with Gasteiger partial charge in [0.25, 0.3) is 0 Å². The monoisotopic (exact) mass is 491 g/mol. The van der Waals surface area contributed by atoms with E-state index in [-0.39, 0.29) is 18.9 Å². The Morgan fingerprint density at radius 1 is 1.06 bits per heavy atom. The Balaban J connectivity index is 1.64. The Hall–Kier alpha value is -2.54. The van der Waals surface area contributed by atoms with E-state index in [1.54, 1.807) is 25.1 Å². The number of rotatable bonds is 9. The molecule has 0 spiro atoms. The van der Waals surface area contributed by atoms with Crippen molar-refractivity contribution in [3.05, 3.63) is 69.0 Å². The van der Waals surface area contributed by atoms with Gasteiger partial charge in [-0.15, -0.1) is 11.3 Å². The summed E-state index contributed by atoms with van der Waals surface area (Å²) in [6, 6.07) is 12.6. The number of ether oxygens (including phenoxy) is 2. The maximum absolute atomic E-state index is 12.6. The Labute approximate surface area is 201 Å². The smallest absolute Gasteiger partial charge is 0.341 e. The highest BCUT2D eigenvalue weighted by Gasteiger charge is 2.22. The van der Waals surface area contributed by atoms with Crippen LogP contribution in [0.4, 0.5) is 5.00 Å². The summed E-state index contributed by atoms with van der Waals surface area (Å²) in [5.41, 5.74) is 2.80. The molecule has 0 fully saturated rings. The second-order valence-corrected chi connectivity index (χ2v) is 8.74. The Morgan fingerprint density at radius 3 is 2.47 bits per heavy atom. The van der Waals surface area contributed by atoms with Gasteiger partial charge in [0, 0.05) is 27.4 Å². The molecular formula is C24H23Cl2NO4S. The lowest BCUT2D eigenvalue weighted by Gasteiger charge is -2.10. The van der Waals surface area contributed by atoms with Crippen LogP contribution in [0, 0.1) is 6.92 Å². The normalized spacial score (nSPS) is 10.6. The number of benzene rings is 2. The van der Waals surface area contributed by atoms with Gasteiger partial charge < -0.3 is 14.8 Å². The van der Waals surface area contributed by atoms with Crippen molar-refractivity contribution in [1.29, 1.82) is 0 Å². The number of halogens is 2. The van der Waals surface area contributed by atoms with E-state index in [1.165, 1.54) is 11.3 Å². The van der Waals surface area contributed by atoms with Crippen LogP contribution >= 0.6 is 34.5 Å². The minimum absolute atomic E-state index is 0.198. The minimum Gasteiger partial charge on any atom is -0.493 e. The lowest BCUT2D eigenvalue weighted by molar-refractivity contribution is -0.116. The second-order valence-electron chi connectivity index (χ2n) is 6.99. The molecule has 0 aliphatic rings. The van der Waals surface area contributed by atoms with E-state index >= 15 is 0 Å². The fourth-order valence-electron chi connectivity index (χ4n) is 3.08. The van der Waals surface area contributed by atoms with Crippen molar-refractivity contribution in [3.8, 4) is 16.9 Å². The second kappa shape index (κ2) is 11.4. The van der Waals surface area contributed by atoms with Crippen LogP contribution in [0.15, 0.2) is 47.8 Å². The molecule has 0 atom stereocenters. The summed E-state index contributed by atoms with van der Waals surface area (Å²) in [5, 5.41) is 6.40. The van der Waals surface area contributed by atoms with E-state index in [0.717, 1.165) is 16.9 Å². The molecule has 0 saturated heterocycles. The summed E-state index contributed by atoms with van der Waals surface area (Å²) < 4.78 is 11.0. The molecule has 2 aromatic carbocycles. The number of esters is 1. The van der Waals surface area contributed by atoms with Gasteiger partial charge in [-0.1, -0.05) is 35.3 Å². The van der Waals surface area contributed by atoms with Gasteiger partial charge in [0.15, 0.2) is 0 Å². The average molecular weight is 492 g/mol. The van der Waals surface area contributed by atoms with Crippen LogP contribution in [0.3, 0.4) is 0 Å². The van der Waals surface area contributed by atoms with Crippen molar-refractivity contribution in [1.82, 2.24) is 0 Å². The summed E-state index contributed by atoms with van der Waals surface area (Å²) in [6.07, 6.45) is 0.779. The van der Waals surface area contributed by atoms with E-state index in [1.807, 2.05) is 36.6 Å². The van der Waals surface area contributed by atoms with Crippen molar-refractivity contribution < 1.29 is 19.1 Å². The highest BCUT2D eigenvalue weighted by Crippen LogP contribution is 2.36. The van der Waals surface area contributed by atoms with Gasteiger partial charge >= 0.3 is 5.97 Å². The Morgan fingerprint density at radius 2 is 1.78 bits per heavy atom. The lowest BCUT2D eigenvalue weighted by atomic mass is 10.0. The molecule has 0 aliphatic heterocycles. The molecule has 168 valence electrons. The third-order valence-electron chi connectivity index (χ3n) is 4.62. The van der Waals surface area contributed by atoms with Crippen LogP contribution < -0.4 is 10.1 Å². The van der Waals surface area contributed by atoms with E-state index in [4.69, 9.17) is 32.7 Å². The van der Waals surface area contributed by atoms with Gasteiger partial charge in [-0.25, -0.2) is 4.79 Å². The third-order valence-corrected chi connectivity index (χ3v) is 6.00. The first-order chi connectivity index (χ1) is 15.4. The van der Waals surface area contributed by atoms with Crippen molar-refractivity contribution in [2.75, 3.05) is 18.5 Å². The van der Waals surface area contributed by atoms with Crippen molar-refractivity contribution in [2.24, 2.45) is 0 Å². The molecule has 1 heterocycles. The summed E-state index contributed by atoms with van der Waals surface area (Å²) in [5.74, 6) is 0.0669. The van der Waals surface area contributed by atoms with Crippen molar-refractivity contribution in [2.45, 2.75) is 26.7 Å². The molecule has 0 radical (unpaired) electrons. The topological polar surface area (TPSA) is 64.6 Å². The quantitative estimate of drug-likeness (QED) is 0.258. The molecule has 0 aliphatic carbocycles. The van der Waals surface area contributed by atoms with E-state index in [9.17, 15) is 9.59 Å². The Kier molecular flexibility index (Phi) is 8.56. The first kappa shape index (κ1) is 24.1. The number of hydrogen-bond donors (Lipinski definition) is 1. The maximum atomic E-state index is 12.6. The third kappa shape index (κ3) is 6.25. The van der Waals surface area contributed by atoms with E-state index in [2.05, 4.69) is 5.32 Å².